The zero-order valence-corrected chi connectivity index (χ0v) is 16.5. The van der Waals surface area contributed by atoms with E-state index in [9.17, 15) is 9.59 Å². The Bertz CT molecular complexity index is 1120. The Balaban J connectivity index is 1.78. The maximum Gasteiger partial charge on any atom is 0.275 e. The van der Waals surface area contributed by atoms with Crippen LogP contribution in [0.25, 0.3) is 22.0 Å². The number of likely N-dealkylation sites (tertiary alicyclic amines) is 1. The van der Waals surface area contributed by atoms with Gasteiger partial charge in [0.2, 0.25) is 0 Å². The minimum absolute atomic E-state index is 0.0149. The highest BCUT2D eigenvalue weighted by molar-refractivity contribution is 6.34. The fourth-order valence-corrected chi connectivity index (χ4v) is 3.99. The average molecular weight is 396 g/mol. The first-order valence-corrected chi connectivity index (χ1v) is 9.89. The number of nitrogens with one attached hydrogen (secondary N) is 1. The Hall–Kier alpha value is -2.79. The van der Waals surface area contributed by atoms with Crippen LogP contribution < -0.4 is 5.56 Å². The van der Waals surface area contributed by atoms with Crippen LogP contribution in [0, 0.1) is 0 Å². The van der Waals surface area contributed by atoms with E-state index < -0.39 is 0 Å². The molecule has 3 aromatic rings. The second kappa shape index (κ2) is 7.68. The maximum atomic E-state index is 12.7. The van der Waals surface area contributed by atoms with Crippen LogP contribution in [0.3, 0.4) is 0 Å². The monoisotopic (exact) mass is 395 g/mol. The molecule has 0 bridgehead atoms. The van der Waals surface area contributed by atoms with Crippen LogP contribution in [0.5, 0.6) is 0 Å². The van der Waals surface area contributed by atoms with Gasteiger partial charge in [-0.3, -0.25) is 9.59 Å². The summed E-state index contributed by atoms with van der Waals surface area (Å²) in [5.41, 5.74) is 2.81. The SMILES string of the molecule is CC=CCn1cc(-c2ccc(C(=O)N3CCCC3)c(Cl)c2)c2cc[nH]c2c1=O. The van der Waals surface area contributed by atoms with Crippen LogP contribution in [0.1, 0.15) is 30.1 Å². The lowest BCUT2D eigenvalue weighted by molar-refractivity contribution is 0.0793. The van der Waals surface area contributed by atoms with E-state index in [4.69, 9.17) is 11.6 Å². The van der Waals surface area contributed by atoms with Crippen LogP contribution in [0.2, 0.25) is 5.02 Å². The number of aromatic amines is 1. The van der Waals surface area contributed by atoms with E-state index in [1.807, 2.05) is 48.4 Å². The number of amides is 1. The molecule has 1 aliphatic rings. The molecule has 0 radical (unpaired) electrons. The Labute approximate surface area is 168 Å². The molecule has 2 aromatic heterocycles. The third kappa shape index (κ3) is 3.27. The van der Waals surface area contributed by atoms with Crippen molar-refractivity contribution in [1.29, 1.82) is 0 Å². The number of aromatic nitrogens is 2. The summed E-state index contributed by atoms with van der Waals surface area (Å²) in [6, 6.07) is 7.40. The third-order valence-corrected chi connectivity index (χ3v) is 5.55. The molecule has 4 rings (SSSR count). The molecule has 0 aliphatic carbocycles. The predicted octanol–water partition coefficient (Wildman–Crippen LogP) is 4.46. The molecule has 0 atom stereocenters. The number of hydrogen-bond acceptors (Lipinski definition) is 2. The summed E-state index contributed by atoms with van der Waals surface area (Å²) in [6.07, 6.45) is 9.56. The molecule has 1 N–H and O–H groups in total. The third-order valence-electron chi connectivity index (χ3n) is 5.24. The van der Waals surface area contributed by atoms with E-state index in [1.165, 1.54) is 0 Å². The molecule has 0 saturated carbocycles. The number of nitrogens with zero attached hydrogens (tertiary/aromatic N) is 2. The number of hydrogen-bond donors (Lipinski definition) is 1. The van der Waals surface area contributed by atoms with Crippen LogP contribution in [0.15, 0.2) is 53.6 Å². The average Bonchev–Trinajstić information content (AvgIpc) is 3.39. The normalized spacial score (nSPS) is 14.4. The predicted molar refractivity (Wildman–Crippen MR) is 113 cm³/mol. The van der Waals surface area contributed by atoms with Gasteiger partial charge in [-0.05, 0) is 43.5 Å². The van der Waals surface area contributed by atoms with Gasteiger partial charge in [-0.1, -0.05) is 29.8 Å². The zero-order chi connectivity index (χ0) is 19.7. The van der Waals surface area contributed by atoms with Gasteiger partial charge in [0, 0.05) is 43.0 Å². The van der Waals surface area contributed by atoms with Gasteiger partial charge in [-0.15, -0.1) is 0 Å². The van der Waals surface area contributed by atoms with E-state index in [0.717, 1.165) is 42.4 Å². The minimum atomic E-state index is -0.0613. The largest absolute Gasteiger partial charge is 0.357 e. The van der Waals surface area contributed by atoms with E-state index in [2.05, 4.69) is 4.98 Å². The second-order valence-corrected chi connectivity index (χ2v) is 7.44. The summed E-state index contributed by atoms with van der Waals surface area (Å²) in [7, 11) is 0. The van der Waals surface area contributed by atoms with E-state index in [0.29, 0.717) is 22.6 Å². The van der Waals surface area contributed by atoms with Crippen molar-refractivity contribution in [2.24, 2.45) is 0 Å². The lowest BCUT2D eigenvalue weighted by atomic mass is 10.0. The van der Waals surface area contributed by atoms with Gasteiger partial charge in [-0.2, -0.15) is 0 Å². The number of halogens is 1. The van der Waals surface area contributed by atoms with Gasteiger partial charge >= 0.3 is 0 Å². The van der Waals surface area contributed by atoms with Crippen LogP contribution in [0.4, 0.5) is 0 Å². The lowest BCUT2D eigenvalue weighted by Gasteiger charge is -2.17. The van der Waals surface area contributed by atoms with Crippen molar-refractivity contribution >= 4 is 28.4 Å². The highest BCUT2D eigenvalue weighted by Gasteiger charge is 2.22. The summed E-state index contributed by atoms with van der Waals surface area (Å²) in [5.74, 6) is -0.0149. The second-order valence-electron chi connectivity index (χ2n) is 7.03. The van der Waals surface area contributed by atoms with Crippen molar-refractivity contribution in [1.82, 2.24) is 14.5 Å². The Morgan fingerprint density at radius 3 is 2.75 bits per heavy atom. The Morgan fingerprint density at radius 2 is 2.04 bits per heavy atom. The number of carbonyl (C=O) groups excluding carboxylic acids is 1. The Kier molecular flexibility index (Phi) is 5.09. The number of rotatable bonds is 4. The molecule has 28 heavy (non-hydrogen) atoms. The van der Waals surface area contributed by atoms with Gasteiger partial charge in [-0.25, -0.2) is 0 Å². The smallest absolute Gasteiger partial charge is 0.275 e. The molecule has 6 heteroatoms. The van der Waals surface area contributed by atoms with Gasteiger partial charge < -0.3 is 14.5 Å². The molecule has 1 saturated heterocycles. The first-order chi connectivity index (χ1) is 13.6. The minimum Gasteiger partial charge on any atom is -0.357 e. The number of H-pyrrole nitrogens is 1. The zero-order valence-electron chi connectivity index (χ0n) is 15.7. The standard InChI is InChI=1S/C22H22ClN3O2/c1-2-3-10-26-14-18(16-8-9-24-20(16)22(26)28)15-6-7-17(19(23)13-15)21(27)25-11-4-5-12-25/h2-3,6-9,13-14,24H,4-5,10-12H2,1H3. The number of pyridine rings is 1. The van der Waals surface area contributed by atoms with Crippen molar-refractivity contribution in [2.45, 2.75) is 26.3 Å². The molecule has 1 amide bonds. The van der Waals surface area contributed by atoms with Crippen molar-refractivity contribution in [3.63, 3.8) is 0 Å². The highest BCUT2D eigenvalue weighted by Crippen LogP contribution is 2.31. The molecular formula is C22H22ClN3O2. The number of carbonyl (C=O) groups is 1. The van der Waals surface area contributed by atoms with Crippen molar-refractivity contribution in [2.75, 3.05) is 13.1 Å². The van der Waals surface area contributed by atoms with Gasteiger partial charge in [0.1, 0.15) is 5.52 Å². The van der Waals surface area contributed by atoms with Crippen LogP contribution in [-0.4, -0.2) is 33.4 Å². The maximum absolute atomic E-state index is 12.7. The molecule has 0 unspecified atom stereocenters. The fourth-order valence-electron chi connectivity index (χ4n) is 3.73. The van der Waals surface area contributed by atoms with Crippen molar-refractivity contribution in [3.05, 3.63) is 69.8 Å². The molecule has 5 nitrogen and oxygen atoms in total. The number of allylic oxidation sites excluding steroid dienone is 2. The van der Waals surface area contributed by atoms with E-state index in [-0.39, 0.29) is 11.5 Å². The first-order valence-electron chi connectivity index (χ1n) is 9.51. The molecule has 1 aromatic carbocycles. The number of benzene rings is 1. The van der Waals surface area contributed by atoms with Crippen molar-refractivity contribution < 1.29 is 4.79 Å². The fraction of sp³-hybridized carbons (Fsp3) is 0.273. The lowest BCUT2D eigenvalue weighted by Crippen LogP contribution is -2.27. The Morgan fingerprint density at radius 1 is 1.25 bits per heavy atom. The van der Waals surface area contributed by atoms with Gasteiger partial charge in [0.15, 0.2) is 0 Å². The number of fused-ring (bicyclic) bond motifs is 1. The first kappa shape index (κ1) is 18.6. The summed E-state index contributed by atoms with van der Waals surface area (Å²) in [6.45, 7) is 4.00. The summed E-state index contributed by atoms with van der Waals surface area (Å²) in [5, 5.41) is 1.28. The topological polar surface area (TPSA) is 58.1 Å². The van der Waals surface area contributed by atoms with Gasteiger partial charge in [0.25, 0.3) is 11.5 Å². The van der Waals surface area contributed by atoms with E-state index >= 15 is 0 Å². The highest BCUT2D eigenvalue weighted by atomic mass is 35.5. The molecule has 144 valence electrons. The van der Waals surface area contributed by atoms with E-state index in [1.54, 1.807) is 16.8 Å². The van der Waals surface area contributed by atoms with Crippen LogP contribution >= 0.6 is 11.6 Å². The van der Waals surface area contributed by atoms with Gasteiger partial charge in [0.05, 0.1) is 10.6 Å². The molecule has 0 spiro atoms. The quantitative estimate of drug-likeness (QED) is 0.663. The summed E-state index contributed by atoms with van der Waals surface area (Å²) >= 11 is 6.50. The molecule has 1 aliphatic heterocycles. The van der Waals surface area contributed by atoms with Crippen molar-refractivity contribution in [3.8, 4) is 11.1 Å². The van der Waals surface area contributed by atoms with Crippen LogP contribution in [-0.2, 0) is 6.54 Å². The summed E-state index contributed by atoms with van der Waals surface area (Å²) in [4.78, 5) is 30.2. The summed E-state index contributed by atoms with van der Waals surface area (Å²) < 4.78 is 1.67. The molecule has 1 fully saturated rings. The molecular weight excluding hydrogens is 374 g/mol. The molecule has 3 heterocycles.